The number of aliphatic hydroxyl groups is 1. The molecule has 17 heavy (non-hydrogen) atoms. The summed E-state index contributed by atoms with van der Waals surface area (Å²) < 4.78 is 0. The van der Waals surface area contributed by atoms with Gasteiger partial charge in [-0.2, -0.15) is 0 Å². The van der Waals surface area contributed by atoms with Gasteiger partial charge < -0.3 is 10.0 Å². The second-order valence-corrected chi connectivity index (χ2v) is 4.45. The lowest BCUT2D eigenvalue weighted by molar-refractivity contribution is 0.228. The Labute approximate surface area is 105 Å². The molecule has 0 bridgehead atoms. The lowest BCUT2D eigenvalue weighted by atomic mass is 10.1. The first-order chi connectivity index (χ1) is 8.36. The summed E-state index contributed by atoms with van der Waals surface area (Å²) in [4.78, 5) is 2.42. The van der Waals surface area contributed by atoms with E-state index in [4.69, 9.17) is 5.11 Å². The van der Waals surface area contributed by atoms with Gasteiger partial charge in [0.05, 0.1) is 0 Å². The van der Waals surface area contributed by atoms with E-state index in [1.165, 1.54) is 24.8 Å². The third kappa shape index (κ3) is 6.44. The van der Waals surface area contributed by atoms with Gasteiger partial charge in [-0.1, -0.05) is 37.3 Å². The molecule has 0 heterocycles. The molecule has 1 aromatic rings. The molecule has 2 nitrogen and oxygen atoms in total. The van der Waals surface area contributed by atoms with Gasteiger partial charge in [-0.3, -0.25) is 0 Å². The molecular weight excluding hydrogens is 210 g/mol. The second kappa shape index (κ2) is 9.20. The van der Waals surface area contributed by atoms with Crippen LogP contribution in [0.3, 0.4) is 0 Å². The van der Waals surface area contributed by atoms with E-state index >= 15 is 0 Å². The molecule has 0 amide bonds. The Morgan fingerprint density at radius 2 is 1.71 bits per heavy atom. The predicted octanol–water partition coefficient (Wildman–Crippen LogP) is 2.71. The lowest BCUT2D eigenvalue weighted by Gasteiger charge is -2.19. The first-order valence-corrected chi connectivity index (χ1v) is 6.74. The smallest absolute Gasteiger partial charge is 0.0443 e. The van der Waals surface area contributed by atoms with Crippen molar-refractivity contribution in [3.63, 3.8) is 0 Å². The van der Waals surface area contributed by atoms with Crippen LogP contribution in [0.5, 0.6) is 0 Å². The fraction of sp³-hybridized carbons (Fsp3) is 0.600. The average molecular weight is 235 g/mol. The van der Waals surface area contributed by atoms with Gasteiger partial charge in [0.1, 0.15) is 0 Å². The van der Waals surface area contributed by atoms with Gasteiger partial charge in [-0.05, 0) is 44.3 Å². The molecule has 0 spiro atoms. The number of aryl methyl sites for hydroxylation is 1. The van der Waals surface area contributed by atoms with Crippen molar-refractivity contribution in [3.05, 3.63) is 35.9 Å². The molecule has 0 aliphatic carbocycles. The van der Waals surface area contributed by atoms with Crippen molar-refractivity contribution in [2.75, 3.05) is 26.2 Å². The summed E-state index contributed by atoms with van der Waals surface area (Å²) in [6, 6.07) is 10.7. The van der Waals surface area contributed by atoms with E-state index in [1.807, 2.05) is 0 Å². The van der Waals surface area contributed by atoms with Crippen LogP contribution in [-0.2, 0) is 6.42 Å². The molecule has 2 heteroatoms. The molecule has 0 saturated heterocycles. The number of hydrogen-bond donors (Lipinski definition) is 1. The lowest BCUT2D eigenvalue weighted by Crippen LogP contribution is -2.26. The van der Waals surface area contributed by atoms with E-state index in [9.17, 15) is 0 Å². The highest BCUT2D eigenvalue weighted by Crippen LogP contribution is 2.05. The Balaban J connectivity index is 2.10. The Bertz CT molecular complexity index is 274. The fourth-order valence-corrected chi connectivity index (χ4v) is 2.03. The van der Waals surface area contributed by atoms with E-state index in [0.29, 0.717) is 6.61 Å². The van der Waals surface area contributed by atoms with Crippen LogP contribution in [0.4, 0.5) is 0 Å². The summed E-state index contributed by atoms with van der Waals surface area (Å²) in [7, 11) is 0. The van der Waals surface area contributed by atoms with Crippen molar-refractivity contribution in [1.82, 2.24) is 4.90 Å². The predicted molar refractivity (Wildman–Crippen MR) is 73.2 cm³/mol. The maximum Gasteiger partial charge on any atom is 0.0443 e. The number of hydrogen-bond acceptors (Lipinski definition) is 2. The molecule has 1 rings (SSSR count). The van der Waals surface area contributed by atoms with E-state index in [2.05, 4.69) is 42.2 Å². The first-order valence-electron chi connectivity index (χ1n) is 6.74. The standard InChI is InChI=1S/C15H25NO/c1-2-16(13-8-14-17)12-7-6-11-15-9-4-3-5-10-15/h3-5,9-10,17H,2,6-8,11-14H2,1H3. The van der Waals surface area contributed by atoms with Crippen molar-refractivity contribution < 1.29 is 5.11 Å². The van der Waals surface area contributed by atoms with Gasteiger partial charge in [0.15, 0.2) is 0 Å². The summed E-state index contributed by atoms with van der Waals surface area (Å²) >= 11 is 0. The maximum absolute atomic E-state index is 8.80. The van der Waals surface area contributed by atoms with Crippen LogP contribution in [0, 0.1) is 0 Å². The van der Waals surface area contributed by atoms with Gasteiger partial charge in [-0.25, -0.2) is 0 Å². The molecule has 0 unspecified atom stereocenters. The van der Waals surface area contributed by atoms with Crippen LogP contribution >= 0.6 is 0 Å². The van der Waals surface area contributed by atoms with E-state index in [0.717, 1.165) is 26.1 Å². The van der Waals surface area contributed by atoms with Crippen LogP contribution in [0.25, 0.3) is 0 Å². The number of benzene rings is 1. The molecular formula is C15H25NO. The highest BCUT2D eigenvalue weighted by Gasteiger charge is 2.01. The Kier molecular flexibility index (Phi) is 7.69. The van der Waals surface area contributed by atoms with Gasteiger partial charge >= 0.3 is 0 Å². The second-order valence-electron chi connectivity index (χ2n) is 4.45. The van der Waals surface area contributed by atoms with E-state index in [-0.39, 0.29) is 0 Å². The third-order valence-corrected chi connectivity index (χ3v) is 3.11. The molecule has 1 N–H and O–H groups in total. The number of aliphatic hydroxyl groups excluding tert-OH is 1. The van der Waals surface area contributed by atoms with Crippen molar-refractivity contribution in [1.29, 1.82) is 0 Å². The summed E-state index contributed by atoms with van der Waals surface area (Å²) in [5, 5.41) is 8.80. The molecule has 0 fully saturated rings. The Morgan fingerprint density at radius 3 is 2.35 bits per heavy atom. The minimum absolute atomic E-state index is 0.306. The van der Waals surface area contributed by atoms with E-state index in [1.54, 1.807) is 0 Å². The third-order valence-electron chi connectivity index (χ3n) is 3.11. The molecule has 0 aromatic heterocycles. The van der Waals surface area contributed by atoms with E-state index < -0.39 is 0 Å². The molecule has 0 saturated carbocycles. The summed E-state index contributed by atoms with van der Waals surface area (Å²) in [5.41, 5.74) is 1.44. The van der Waals surface area contributed by atoms with Crippen LogP contribution in [-0.4, -0.2) is 36.2 Å². The minimum Gasteiger partial charge on any atom is -0.396 e. The number of nitrogens with zero attached hydrogens (tertiary/aromatic N) is 1. The van der Waals surface area contributed by atoms with Gasteiger partial charge in [0, 0.05) is 13.2 Å². The van der Waals surface area contributed by atoms with Crippen molar-refractivity contribution in [2.45, 2.75) is 32.6 Å². The van der Waals surface area contributed by atoms with Crippen LogP contribution < -0.4 is 0 Å². The molecule has 0 atom stereocenters. The highest BCUT2D eigenvalue weighted by atomic mass is 16.3. The van der Waals surface area contributed by atoms with Crippen molar-refractivity contribution in [2.24, 2.45) is 0 Å². The van der Waals surface area contributed by atoms with Gasteiger partial charge in [0.25, 0.3) is 0 Å². The molecule has 0 radical (unpaired) electrons. The maximum atomic E-state index is 8.80. The molecule has 0 aliphatic rings. The van der Waals surface area contributed by atoms with Crippen molar-refractivity contribution >= 4 is 0 Å². The van der Waals surface area contributed by atoms with Crippen LogP contribution in [0.1, 0.15) is 31.7 Å². The Morgan fingerprint density at radius 1 is 1.00 bits per heavy atom. The number of rotatable bonds is 9. The zero-order valence-corrected chi connectivity index (χ0v) is 10.9. The zero-order valence-electron chi connectivity index (χ0n) is 10.9. The zero-order chi connectivity index (χ0) is 12.3. The van der Waals surface area contributed by atoms with Crippen LogP contribution in [0.2, 0.25) is 0 Å². The topological polar surface area (TPSA) is 23.5 Å². The highest BCUT2D eigenvalue weighted by molar-refractivity contribution is 5.14. The molecule has 96 valence electrons. The monoisotopic (exact) mass is 235 g/mol. The van der Waals surface area contributed by atoms with Gasteiger partial charge in [-0.15, -0.1) is 0 Å². The first kappa shape index (κ1) is 14.2. The number of unbranched alkanes of at least 4 members (excludes halogenated alkanes) is 1. The average Bonchev–Trinajstić information content (AvgIpc) is 2.39. The largest absolute Gasteiger partial charge is 0.396 e. The SMILES string of the molecule is CCN(CCCO)CCCCc1ccccc1. The minimum atomic E-state index is 0.306. The van der Waals surface area contributed by atoms with Gasteiger partial charge in [0.2, 0.25) is 0 Å². The Hall–Kier alpha value is -0.860. The summed E-state index contributed by atoms with van der Waals surface area (Å²) in [6.45, 7) is 5.77. The van der Waals surface area contributed by atoms with Crippen LogP contribution in [0.15, 0.2) is 30.3 Å². The quantitative estimate of drug-likeness (QED) is 0.665. The molecule has 1 aromatic carbocycles. The summed E-state index contributed by atoms with van der Waals surface area (Å²) in [6.07, 6.45) is 4.57. The summed E-state index contributed by atoms with van der Waals surface area (Å²) in [5.74, 6) is 0. The van der Waals surface area contributed by atoms with Crippen molar-refractivity contribution in [3.8, 4) is 0 Å². The fourth-order valence-electron chi connectivity index (χ4n) is 2.03. The molecule has 0 aliphatic heterocycles. The normalized spacial score (nSPS) is 11.0.